The summed E-state index contributed by atoms with van der Waals surface area (Å²) in [5.74, 6) is 0.527. The quantitative estimate of drug-likeness (QED) is 0.771. The molecule has 3 rings (SSSR count). The maximum absolute atomic E-state index is 12.3. The smallest absolute Gasteiger partial charge is 0.247 e. The van der Waals surface area contributed by atoms with Crippen molar-refractivity contribution in [2.45, 2.75) is 0 Å². The van der Waals surface area contributed by atoms with Crippen LogP contribution in [0.4, 0.5) is 11.4 Å². The molecule has 0 aliphatic carbocycles. The van der Waals surface area contributed by atoms with E-state index in [1.54, 1.807) is 18.3 Å². The van der Waals surface area contributed by atoms with Crippen LogP contribution in [-0.4, -0.2) is 47.7 Å². The molecule has 3 heterocycles. The zero-order valence-corrected chi connectivity index (χ0v) is 15.4. The Morgan fingerprint density at radius 3 is 2.59 bits per heavy atom. The molecule has 0 unspecified atom stereocenters. The molecule has 1 saturated heterocycles. The van der Waals surface area contributed by atoms with Gasteiger partial charge in [-0.1, -0.05) is 11.9 Å². The van der Waals surface area contributed by atoms with Crippen LogP contribution >= 0.6 is 0 Å². The SMILES string of the molecule is CN1CCN(c2ccn(-c3c[c-]c(N)cn3)c(=O)c2)CC1.[Y]. The first-order valence-electron chi connectivity index (χ1n) is 6.93. The summed E-state index contributed by atoms with van der Waals surface area (Å²) < 4.78 is 1.50. The van der Waals surface area contributed by atoms with Gasteiger partial charge in [-0.2, -0.15) is 6.07 Å². The molecule has 6 nitrogen and oxygen atoms in total. The number of rotatable bonds is 2. The molecule has 113 valence electrons. The number of likely N-dealkylation sites (N-methyl/N-ethyl adjacent to an activating group) is 1. The molecule has 0 amide bonds. The van der Waals surface area contributed by atoms with Crippen LogP contribution in [0.2, 0.25) is 0 Å². The van der Waals surface area contributed by atoms with Crippen LogP contribution in [0, 0.1) is 6.07 Å². The Hall–Kier alpha value is -1.24. The maximum atomic E-state index is 12.3. The second kappa shape index (κ2) is 7.35. The summed E-state index contributed by atoms with van der Waals surface area (Å²) in [6.45, 7) is 3.90. The molecule has 2 aromatic heterocycles. The minimum absolute atomic E-state index is 0. The number of nitrogen functional groups attached to an aromatic ring is 1. The molecule has 2 aromatic rings. The van der Waals surface area contributed by atoms with Crippen molar-refractivity contribution in [3.05, 3.63) is 47.0 Å². The minimum Gasteiger partial charge on any atom is -0.418 e. The molecule has 0 aromatic carbocycles. The van der Waals surface area contributed by atoms with Gasteiger partial charge in [0.1, 0.15) is 0 Å². The summed E-state index contributed by atoms with van der Waals surface area (Å²) in [4.78, 5) is 20.9. The third-order valence-electron chi connectivity index (χ3n) is 3.72. The number of nitrogens with zero attached hydrogens (tertiary/aromatic N) is 4. The first-order valence-corrected chi connectivity index (χ1v) is 6.93. The Morgan fingerprint density at radius 1 is 1.27 bits per heavy atom. The van der Waals surface area contributed by atoms with Gasteiger partial charge in [0.25, 0.3) is 0 Å². The number of anilines is 2. The summed E-state index contributed by atoms with van der Waals surface area (Å²) in [6, 6.07) is 8.07. The predicted octanol–water partition coefficient (Wildman–Crippen LogP) is 0.364. The molecule has 1 aliphatic rings. The van der Waals surface area contributed by atoms with Crippen molar-refractivity contribution >= 4 is 11.4 Å². The van der Waals surface area contributed by atoms with Crippen LogP contribution in [0.5, 0.6) is 0 Å². The van der Waals surface area contributed by atoms with Crippen molar-refractivity contribution in [2.75, 3.05) is 43.9 Å². The molecular formula is C15H18N5OY-. The van der Waals surface area contributed by atoms with Gasteiger partial charge in [0, 0.05) is 82.7 Å². The van der Waals surface area contributed by atoms with Crippen molar-refractivity contribution in [3.63, 3.8) is 0 Å². The average molecular weight is 373 g/mol. The number of hydrogen-bond donors (Lipinski definition) is 1. The largest absolute Gasteiger partial charge is 0.418 e. The van der Waals surface area contributed by atoms with Crippen molar-refractivity contribution in [3.8, 4) is 5.82 Å². The third kappa shape index (κ3) is 3.74. The molecular weight excluding hydrogens is 355 g/mol. The standard InChI is InChI=1S/C15H18N5O.Y/c1-18-6-8-19(9-7-18)13-4-5-20(15(21)10-13)14-3-2-12(16)11-17-14;/h3-5,10-11H,6-9,16H2,1H3;/q-1;. The second-order valence-corrected chi connectivity index (χ2v) is 5.24. The van der Waals surface area contributed by atoms with Gasteiger partial charge < -0.3 is 25.1 Å². The number of aromatic nitrogens is 2. The van der Waals surface area contributed by atoms with Crippen LogP contribution in [-0.2, 0) is 32.7 Å². The van der Waals surface area contributed by atoms with E-state index in [0.717, 1.165) is 31.9 Å². The molecule has 0 atom stereocenters. The van der Waals surface area contributed by atoms with E-state index in [1.165, 1.54) is 10.8 Å². The molecule has 2 N–H and O–H groups in total. The van der Waals surface area contributed by atoms with Gasteiger partial charge in [0.15, 0.2) is 0 Å². The zero-order valence-electron chi connectivity index (χ0n) is 12.6. The van der Waals surface area contributed by atoms with Crippen molar-refractivity contribution in [1.82, 2.24) is 14.5 Å². The van der Waals surface area contributed by atoms with E-state index in [0.29, 0.717) is 11.5 Å². The summed E-state index contributed by atoms with van der Waals surface area (Å²) >= 11 is 0. The third-order valence-corrected chi connectivity index (χ3v) is 3.72. The van der Waals surface area contributed by atoms with Gasteiger partial charge in [0.05, 0.1) is 0 Å². The second-order valence-electron chi connectivity index (χ2n) is 5.24. The Bertz CT molecular complexity index is 677. The molecule has 1 fully saturated rings. The fourth-order valence-corrected chi connectivity index (χ4v) is 2.41. The Kier molecular flexibility index (Phi) is 5.72. The predicted molar refractivity (Wildman–Crippen MR) is 82.8 cm³/mol. The summed E-state index contributed by atoms with van der Waals surface area (Å²) in [7, 11) is 2.11. The summed E-state index contributed by atoms with van der Waals surface area (Å²) in [5, 5.41) is 0. The van der Waals surface area contributed by atoms with Gasteiger partial charge >= 0.3 is 0 Å². The fourth-order valence-electron chi connectivity index (χ4n) is 2.41. The molecule has 7 heteroatoms. The molecule has 0 bridgehead atoms. The van der Waals surface area contributed by atoms with E-state index in [-0.39, 0.29) is 38.3 Å². The Balaban J connectivity index is 0.00000176. The van der Waals surface area contributed by atoms with E-state index in [2.05, 4.69) is 27.9 Å². The molecule has 0 saturated carbocycles. The normalized spacial score (nSPS) is 15.4. The van der Waals surface area contributed by atoms with Crippen LogP contribution in [0.1, 0.15) is 0 Å². The Morgan fingerprint density at radius 2 is 2.00 bits per heavy atom. The molecule has 1 aliphatic heterocycles. The molecule has 0 spiro atoms. The summed E-state index contributed by atoms with van der Waals surface area (Å²) in [6.07, 6.45) is 3.25. The number of hydrogen-bond acceptors (Lipinski definition) is 5. The summed E-state index contributed by atoms with van der Waals surface area (Å²) in [5.41, 5.74) is 6.88. The van der Waals surface area contributed by atoms with Crippen LogP contribution in [0.3, 0.4) is 0 Å². The first-order chi connectivity index (χ1) is 10.1. The molecule has 22 heavy (non-hydrogen) atoms. The zero-order chi connectivity index (χ0) is 14.8. The van der Waals surface area contributed by atoms with Crippen LogP contribution in [0.25, 0.3) is 5.82 Å². The number of pyridine rings is 2. The van der Waals surface area contributed by atoms with Gasteiger partial charge in [0.2, 0.25) is 5.56 Å². The van der Waals surface area contributed by atoms with Gasteiger partial charge in [-0.05, 0) is 13.1 Å². The first kappa shape index (κ1) is 17.1. The van der Waals surface area contributed by atoms with Crippen molar-refractivity contribution < 1.29 is 32.7 Å². The topological polar surface area (TPSA) is 67.4 Å². The van der Waals surface area contributed by atoms with Crippen molar-refractivity contribution in [1.29, 1.82) is 0 Å². The molecule has 1 radical (unpaired) electrons. The van der Waals surface area contributed by atoms with Crippen LogP contribution < -0.4 is 16.2 Å². The van der Waals surface area contributed by atoms with E-state index in [4.69, 9.17) is 5.73 Å². The van der Waals surface area contributed by atoms with Gasteiger partial charge in [-0.15, -0.1) is 6.07 Å². The van der Waals surface area contributed by atoms with E-state index >= 15 is 0 Å². The number of piperazine rings is 1. The minimum atomic E-state index is -0.0999. The Labute approximate surface area is 154 Å². The van der Waals surface area contributed by atoms with Gasteiger partial charge in [-0.3, -0.25) is 4.79 Å². The van der Waals surface area contributed by atoms with E-state index < -0.39 is 0 Å². The van der Waals surface area contributed by atoms with E-state index in [1.807, 2.05) is 6.07 Å². The van der Waals surface area contributed by atoms with Gasteiger partial charge in [-0.25, -0.2) is 0 Å². The fraction of sp³-hybridized carbons (Fsp3) is 0.333. The maximum Gasteiger partial charge on any atom is 0.247 e. The number of nitrogens with two attached hydrogens (primary N) is 1. The average Bonchev–Trinajstić information content (AvgIpc) is 2.49. The van der Waals surface area contributed by atoms with Crippen molar-refractivity contribution in [2.24, 2.45) is 0 Å². The monoisotopic (exact) mass is 373 g/mol. The van der Waals surface area contributed by atoms with E-state index in [9.17, 15) is 4.79 Å². The van der Waals surface area contributed by atoms with Crippen LogP contribution in [0.15, 0.2) is 35.4 Å².